The van der Waals surface area contributed by atoms with Gasteiger partial charge in [-0.25, -0.2) is 0 Å². The second kappa shape index (κ2) is 7.97. The van der Waals surface area contributed by atoms with E-state index in [1.807, 2.05) is 13.0 Å². The van der Waals surface area contributed by atoms with Crippen LogP contribution in [0.1, 0.15) is 36.9 Å². The van der Waals surface area contributed by atoms with Crippen molar-refractivity contribution < 1.29 is 4.79 Å². The molecule has 23 heavy (non-hydrogen) atoms. The summed E-state index contributed by atoms with van der Waals surface area (Å²) >= 11 is 3.24. The molecule has 0 saturated carbocycles. The van der Waals surface area contributed by atoms with Crippen molar-refractivity contribution >= 4 is 29.0 Å². The van der Waals surface area contributed by atoms with Gasteiger partial charge in [0.15, 0.2) is 5.16 Å². The summed E-state index contributed by atoms with van der Waals surface area (Å²) < 4.78 is 2.19. The number of nitrogens with one attached hydrogen (secondary N) is 1. The minimum absolute atomic E-state index is 0.0672. The number of thioether (sulfide) groups is 1. The molecule has 1 atom stereocenters. The smallest absolute Gasteiger partial charge is 0.233 e. The van der Waals surface area contributed by atoms with E-state index >= 15 is 0 Å². The second-order valence-corrected chi connectivity index (χ2v) is 8.08. The van der Waals surface area contributed by atoms with Crippen LogP contribution in [0.2, 0.25) is 0 Å². The van der Waals surface area contributed by atoms with Crippen LogP contribution in [0.15, 0.2) is 22.7 Å². The van der Waals surface area contributed by atoms with Crippen molar-refractivity contribution in [3.05, 3.63) is 28.2 Å². The van der Waals surface area contributed by atoms with E-state index in [-0.39, 0.29) is 11.2 Å². The van der Waals surface area contributed by atoms with Crippen LogP contribution >= 0.6 is 23.1 Å². The number of amides is 1. The summed E-state index contributed by atoms with van der Waals surface area (Å²) in [5, 5.41) is 14.4. The van der Waals surface area contributed by atoms with E-state index < -0.39 is 0 Å². The highest BCUT2D eigenvalue weighted by atomic mass is 32.2. The van der Waals surface area contributed by atoms with Crippen LogP contribution in [-0.2, 0) is 24.2 Å². The van der Waals surface area contributed by atoms with Gasteiger partial charge in [0.05, 0.1) is 5.25 Å². The van der Waals surface area contributed by atoms with Gasteiger partial charge in [-0.1, -0.05) is 24.2 Å². The number of aromatic nitrogens is 3. The van der Waals surface area contributed by atoms with Gasteiger partial charge >= 0.3 is 0 Å². The van der Waals surface area contributed by atoms with Crippen LogP contribution in [0, 0.1) is 0 Å². The molecule has 0 saturated heterocycles. The van der Waals surface area contributed by atoms with Gasteiger partial charge < -0.3 is 9.88 Å². The molecule has 1 N–H and O–H groups in total. The van der Waals surface area contributed by atoms with Gasteiger partial charge in [-0.05, 0) is 37.6 Å². The van der Waals surface area contributed by atoms with Crippen molar-refractivity contribution in [2.45, 2.75) is 56.0 Å². The van der Waals surface area contributed by atoms with Crippen molar-refractivity contribution in [3.8, 4) is 0 Å². The number of carbonyl (C=O) groups is 1. The van der Waals surface area contributed by atoms with Crippen LogP contribution in [0.5, 0.6) is 0 Å². The summed E-state index contributed by atoms with van der Waals surface area (Å²) in [6.45, 7) is 3.59. The lowest BCUT2D eigenvalue weighted by molar-refractivity contribution is -0.120. The molecule has 0 fully saturated rings. The van der Waals surface area contributed by atoms with Gasteiger partial charge in [0.25, 0.3) is 0 Å². The monoisotopic (exact) mass is 350 g/mol. The molecule has 124 valence electrons. The number of carbonyl (C=O) groups excluding carboxylic acids is 1. The van der Waals surface area contributed by atoms with Crippen molar-refractivity contribution in [2.24, 2.45) is 0 Å². The average Bonchev–Trinajstić information content (AvgIpc) is 3.12. The Morgan fingerprint density at radius 1 is 1.43 bits per heavy atom. The largest absolute Gasteiger partial charge is 0.355 e. The Kier molecular flexibility index (Phi) is 5.72. The average molecular weight is 351 g/mol. The lowest BCUT2D eigenvalue weighted by atomic mass is 10.2. The minimum atomic E-state index is -0.158. The molecule has 0 bridgehead atoms. The normalized spacial score (nSPS) is 15.7. The second-order valence-electron chi connectivity index (χ2n) is 5.74. The van der Waals surface area contributed by atoms with E-state index in [1.54, 1.807) is 11.3 Å². The molecule has 0 aromatic carbocycles. The highest BCUT2D eigenvalue weighted by Gasteiger charge is 2.20. The van der Waals surface area contributed by atoms with Crippen molar-refractivity contribution in [1.29, 1.82) is 0 Å². The highest BCUT2D eigenvalue weighted by molar-refractivity contribution is 8.00. The fraction of sp³-hybridized carbons (Fsp3) is 0.562. The number of hydrogen-bond acceptors (Lipinski definition) is 5. The number of rotatable bonds is 6. The molecule has 0 spiro atoms. The highest BCUT2D eigenvalue weighted by Crippen LogP contribution is 2.25. The Balaban J connectivity index is 1.51. The zero-order valence-electron chi connectivity index (χ0n) is 13.3. The standard InChI is InChI=1S/C16H22N4OS2/c1-12(15(21)17-9-8-13-6-5-11-22-13)23-16-19-18-14-7-3-2-4-10-20(14)16/h5-6,11-12H,2-4,7-10H2,1H3,(H,17,21)/t12-/m0/s1. The molecule has 1 amide bonds. The quantitative estimate of drug-likeness (QED) is 0.814. The first-order valence-electron chi connectivity index (χ1n) is 8.13. The third-order valence-corrected chi connectivity index (χ3v) is 5.99. The molecule has 3 heterocycles. The Morgan fingerprint density at radius 2 is 2.35 bits per heavy atom. The van der Waals surface area contributed by atoms with E-state index in [0.29, 0.717) is 6.54 Å². The summed E-state index contributed by atoms with van der Waals surface area (Å²) in [5.41, 5.74) is 0. The Labute approximate surface area is 144 Å². The predicted molar refractivity (Wildman–Crippen MR) is 93.9 cm³/mol. The maximum Gasteiger partial charge on any atom is 0.233 e. The van der Waals surface area contributed by atoms with E-state index in [0.717, 1.165) is 30.4 Å². The minimum Gasteiger partial charge on any atom is -0.355 e. The maximum atomic E-state index is 12.2. The predicted octanol–water partition coefficient (Wildman–Crippen LogP) is 2.91. The van der Waals surface area contributed by atoms with E-state index in [2.05, 4.69) is 31.5 Å². The molecular weight excluding hydrogens is 328 g/mol. The molecule has 2 aromatic heterocycles. The third kappa shape index (κ3) is 4.35. The Bertz CT molecular complexity index is 639. The molecule has 0 radical (unpaired) electrons. The van der Waals surface area contributed by atoms with Crippen LogP contribution in [0.3, 0.4) is 0 Å². The molecule has 1 aliphatic rings. The van der Waals surface area contributed by atoms with Crippen LogP contribution in [0.4, 0.5) is 0 Å². The van der Waals surface area contributed by atoms with Crippen molar-refractivity contribution in [1.82, 2.24) is 20.1 Å². The summed E-state index contributed by atoms with van der Waals surface area (Å²) in [7, 11) is 0. The molecule has 2 aromatic rings. The number of hydrogen-bond donors (Lipinski definition) is 1. The van der Waals surface area contributed by atoms with Crippen LogP contribution < -0.4 is 5.32 Å². The summed E-state index contributed by atoms with van der Waals surface area (Å²) in [4.78, 5) is 13.5. The zero-order valence-corrected chi connectivity index (χ0v) is 15.0. The molecule has 5 nitrogen and oxygen atoms in total. The van der Waals surface area contributed by atoms with Crippen molar-refractivity contribution in [3.63, 3.8) is 0 Å². The first kappa shape index (κ1) is 16.5. The number of aryl methyl sites for hydroxylation is 1. The summed E-state index contributed by atoms with van der Waals surface area (Å²) in [5.74, 6) is 1.13. The van der Waals surface area contributed by atoms with Gasteiger partial charge in [0.1, 0.15) is 5.82 Å². The topological polar surface area (TPSA) is 59.8 Å². The number of nitrogens with zero attached hydrogens (tertiary/aromatic N) is 3. The zero-order chi connectivity index (χ0) is 16.1. The van der Waals surface area contributed by atoms with E-state index in [9.17, 15) is 4.79 Å². The van der Waals surface area contributed by atoms with Gasteiger partial charge in [-0.2, -0.15) is 0 Å². The van der Waals surface area contributed by atoms with Crippen LogP contribution in [0.25, 0.3) is 0 Å². The molecule has 0 unspecified atom stereocenters. The lowest BCUT2D eigenvalue weighted by Gasteiger charge is -2.12. The van der Waals surface area contributed by atoms with Gasteiger partial charge in [0.2, 0.25) is 5.91 Å². The van der Waals surface area contributed by atoms with E-state index in [1.165, 1.54) is 35.9 Å². The Morgan fingerprint density at radius 3 is 3.17 bits per heavy atom. The molecule has 1 aliphatic heterocycles. The molecule has 0 aliphatic carbocycles. The first-order chi connectivity index (χ1) is 11.2. The number of thiophene rings is 1. The van der Waals surface area contributed by atoms with E-state index in [4.69, 9.17) is 0 Å². The summed E-state index contributed by atoms with van der Waals surface area (Å²) in [6.07, 6.45) is 5.48. The van der Waals surface area contributed by atoms with Gasteiger partial charge in [-0.3, -0.25) is 4.79 Å². The SMILES string of the molecule is C[C@H](Sc1nnc2n1CCCCC2)C(=O)NCCc1cccs1. The molecule has 3 rings (SSSR count). The van der Waals surface area contributed by atoms with Crippen LogP contribution in [-0.4, -0.2) is 32.5 Å². The van der Waals surface area contributed by atoms with Gasteiger partial charge in [-0.15, -0.1) is 21.5 Å². The Hall–Kier alpha value is -1.34. The lowest BCUT2D eigenvalue weighted by Crippen LogP contribution is -2.32. The fourth-order valence-corrected chi connectivity index (χ4v) is 4.29. The molecular formula is C16H22N4OS2. The maximum absolute atomic E-state index is 12.2. The number of fused-ring (bicyclic) bond motifs is 1. The van der Waals surface area contributed by atoms with Gasteiger partial charge in [0, 0.05) is 24.4 Å². The summed E-state index contributed by atoms with van der Waals surface area (Å²) in [6, 6.07) is 4.14. The first-order valence-corrected chi connectivity index (χ1v) is 9.89. The molecule has 7 heteroatoms. The third-order valence-electron chi connectivity index (χ3n) is 3.98. The fourth-order valence-electron chi connectivity index (χ4n) is 2.66. The van der Waals surface area contributed by atoms with Crippen molar-refractivity contribution in [2.75, 3.05) is 6.54 Å².